The second kappa shape index (κ2) is 11.2. The highest BCUT2D eigenvalue weighted by atomic mass is 35.5. The summed E-state index contributed by atoms with van der Waals surface area (Å²) < 4.78 is 5.12. The fraction of sp³-hybridized carbons (Fsp3) is 0.261. The van der Waals surface area contributed by atoms with Crippen LogP contribution < -0.4 is 16.0 Å². The molecule has 3 N–H and O–H groups in total. The minimum atomic E-state index is -0.606. The maximum atomic E-state index is 12.3. The van der Waals surface area contributed by atoms with Crippen molar-refractivity contribution in [2.24, 2.45) is 0 Å². The highest BCUT2D eigenvalue weighted by Crippen LogP contribution is 2.21. The average molecular weight is 444 g/mol. The fourth-order valence-corrected chi connectivity index (χ4v) is 2.55. The first-order chi connectivity index (χ1) is 14.6. The molecule has 0 radical (unpaired) electrons. The highest BCUT2D eigenvalue weighted by Gasteiger charge is 2.16. The largest absolute Gasteiger partial charge is 0.444 e. The van der Waals surface area contributed by atoms with Crippen LogP contribution in [-0.2, 0) is 14.3 Å². The summed E-state index contributed by atoms with van der Waals surface area (Å²) in [5.41, 5.74) is 1.14. The summed E-state index contributed by atoms with van der Waals surface area (Å²) in [6.45, 7) is 5.40. The van der Waals surface area contributed by atoms with Crippen molar-refractivity contribution in [2.45, 2.75) is 32.8 Å². The van der Waals surface area contributed by atoms with E-state index in [1.165, 1.54) is 6.08 Å². The van der Waals surface area contributed by atoms with E-state index in [9.17, 15) is 14.4 Å². The minimum absolute atomic E-state index is 0.0536. The highest BCUT2D eigenvalue weighted by molar-refractivity contribution is 6.30. The average Bonchev–Trinajstić information content (AvgIpc) is 2.67. The Morgan fingerprint density at radius 1 is 0.968 bits per heavy atom. The molecule has 0 saturated heterocycles. The smallest absolute Gasteiger partial charge is 0.407 e. The van der Waals surface area contributed by atoms with Crippen LogP contribution in [0.5, 0.6) is 0 Å². The van der Waals surface area contributed by atoms with Crippen molar-refractivity contribution in [2.75, 3.05) is 17.2 Å². The van der Waals surface area contributed by atoms with Crippen LogP contribution in [0.15, 0.2) is 54.6 Å². The number of rotatable bonds is 7. The standard InChI is InChI=1S/C23H26ClN3O4/c1-23(2,3)31-22(30)25-15-14-21(29)27-19-7-5-4-6-18(19)26-20(28)13-10-16-8-11-17(24)12-9-16/h4-13H,14-15H2,1-3H3,(H,25,30)(H,26,28)(H,27,29)/b13-10+. The molecule has 0 bridgehead atoms. The fourth-order valence-electron chi connectivity index (χ4n) is 2.43. The number of hydrogen-bond acceptors (Lipinski definition) is 4. The van der Waals surface area contributed by atoms with Crippen molar-refractivity contribution >= 4 is 47.0 Å². The molecule has 8 heteroatoms. The number of ether oxygens (including phenoxy) is 1. The second-order valence-corrected chi connectivity index (χ2v) is 8.08. The maximum Gasteiger partial charge on any atom is 0.407 e. The third-order valence-corrected chi connectivity index (χ3v) is 4.03. The summed E-state index contributed by atoms with van der Waals surface area (Å²) in [7, 11) is 0. The lowest BCUT2D eigenvalue weighted by molar-refractivity contribution is -0.116. The van der Waals surface area contributed by atoms with Crippen LogP contribution in [0.25, 0.3) is 6.08 Å². The molecule has 2 aromatic carbocycles. The summed E-state index contributed by atoms with van der Waals surface area (Å²) in [5, 5.41) is 8.62. The molecule has 164 valence electrons. The van der Waals surface area contributed by atoms with Crippen molar-refractivity contribution in [1.29, 1.82) is 0 Å². The number of alkyl carbamates (subject to hydrolysis) is 1. The molecule has 0 unspecified atom stereocenters. The van der Waals surface area contributed by atoms with Crippen LogP contribution in [0.4, 0.5) is 16.2 Å². The Labute approximate surface area is 186 Å². The van der Waals surface area contributed by atoms with E-state index in [-0.39, 0.29) is 24.8 Å². The molecule has 0 aliphatic rings. The number of benzene rings is 2. The molecule has 0 fully saturated rings. The van der Waals surface area contributed by atoms with Crippen LogP contribution in [0.2, 0.25) is 5.02 Å². The Hall–Kier alpha value is -3.32. The normalized spacial score (nSPS) is 11.1. The second-order valence-electron chi connectivity index (χ2n) is 7.65. The van der Waals surface area contributed by atoms with Gasteiger partial charge in [0.2, 0.25) is 11.8 Å². The minimum Gasteiger partial charge on any atom is -0.444 e. The number of nitrogens with one attached hydrogen (secondary N) is 3. The Morgan fingerprint density at radius 2 is 1.58 bits per heavy atom. The quantitative estimate of drug-likeness (QED) is 0.533. The van der Waals surface area contributed by atoms with Gasteiger partial charge in [-0.25, -0.2) is 4.79 Å². The topological polar surface area (TPSA) is 96.5 Å². The van der Waals surface area contributed by atoms with Crippen molar-refractivity contribution < 1.29 is 19.1 Å². The van der Waals surface area contributed by atoms with Crippen LogP contribution in [0.1, 0.15) is 32.8 Å². The third kappa shape index (κ3) is 9.35. The molecular formula is C23H26ClN3O4. The molecule has 2 rings (SSSR count). The van der Waals surface area contributed by atoms with Crippen molar-refractivity contribution in [3.8, 4) is 0 Å². The Balaban J connectivity index is 1.88. The molecule has 2 aromatic rings. The third-order valence-electron chi connectivity index (χ3n) is 3.78. The predicted molar refractivity (Wildman–Crippen MR) is 123 cm³/mol. The molecular weight excluding hydrogens is 418 g/mol. The van der Waals surface area contributed by atoms with Crippen molar-refractivity contribution in [3.05, 3.63) is 65.2 Å². The molecule has 0 saturated carbocycles. The molecule has 0 spiro atoms. The van der Waals surface area contributed by atoms with Gasteiger partial charge in [-0.2, -0.15) is 0 Å². The van der Waals surface area contributed by atoms with Gasteiger partial charge in [0.25, 0.3) is 0 Å². The molecule has 0 atom stereocenters. The number of carbonyl (C=O) groups is 3. The van der Waals surface area contributed by atoms with Gasteiger partial charge in [0.15, 0.2) is 0 Å². The summed E-state index contributed by atoms with van der Waals surface area (Å²) in [4.78, 5) is 36.1. The van der Waals surface area contributed by atoms with E-state index in [0.29, 0.717) is 16.4 Å². The molecule has 0 aromatic heterocycles. The number of halogens is 1. The first kappa shape index (κ1) is 24.0. The number of anilines is 2. The SMILES string of the molecule is CC(C)(C)OC(=O)NCCC(=O)Nc1ccccc1NC(=O)/C=C/c1ccc(Cl)cc1. The number of amides is 3. The lowest BCUT2D eigenvalue weighted by Gasteiger charge is -2.19. The summed E-state index contributed by atoms with van der Waals surface area (Å²) in [5.74, 6) is -0.655. The number of carbonyl (C=O) groups excluding carboxylic acids is 3. The molecule has 31 heavy (non-hydrogen) atoms. The molecule has 3 amide bonds. The van der Waals surface area contributed by atoms with E-state index in [1.807, 2.05) is 0 Å². The first-order valence-electron chi connectivity index (χ1n) is 9.73. The van der Waals surface area contributed by atoms with E-state index in [0.717, 1.165) is 5.56 Å². The predicted octanol–water partition coefficient (Wildman–Crippen LogP) is 4.85. The maximum absolute atomic E-state index is 12.3. The van der Waals surface area contributed by atoms with Crippen LogP contribution >= 0.6 is 11.6 Å². The Morgan fingerprint density at radius 3 is 2.19 bits per heavy atom. The van der Waals surface area contributed by atoms with Gasteiger partial charge in [0, 0.05) is 24.1 Å². The van der Waals surface area contributed by atoms with Crippen molar-refractivity contribution in [1.82, 2.24) is 5.32 Å². The van der Waals surface area contributed by atoms with E-state index in [1.54, 1.807) is 75.4 Å². The summed E-state index contributed by atoms with van der Waals surface area (Å²) in [6, 6.07) is 13.9. The van der Waals surface area contributed by atoms with Gasteiger partial charge in [0.05, 0.1) is 11.4 Å². The van der Waals surface area contributed by atoms with E-state index in [4.69, 9.17) is 16.3 Å². The molecule has 0 heterocycles. The summed E-state index contributed by atoms with van der Waals surface area (Å²) in [6.07, 6.45) is 2.53. The van der Waals surface area contributed by atoms with Gasteiger partial charge >= 0.3 is 6.09 Å². The number of hydrogen-bond donors (Lipinski definition) is 3. The Kier molecular flexibility index (Phi) is 8.63. The van der Waals surface area contributed by atoms with Gasteiger partial charge in [-0.15, -0.1) is 0 Å². The zero-order chi connectivity index (χ0) is 22.9. The van der Waals surface area contributed by atoms with E-state index in [2.05, 4.69) is 16.0 Å². The van der Waals surface area contributed by atoms with E-state index >= 15 is 0 Å². The van der Waals surface area contributed by atoms with Crippen molar-refractivity contribution in [3.63, 3.8) is 0 Å². The lowest BCUT2D eigenvalue weighted by Crippen LogP contribution is -2.34. The lowest BCUT2D eigenvalue weighted by atomic mass is 10.2. The van der Waals surface area contributed by atoms with Gasteiger partial charge in [-0.3, -0.25) is 9.59 Å². The Bertz CT molecular complexity index is 950. The van der Waals surface area contributed by atoms with Gasteiger partial charge < -0.3 is 20.7 Å². The number of para-hydroxylation sites is 2. The zero-order valence-electron chi connectivity index (χ0n) is 17.7. The van der Waals surface area contributed by atoms with Gasteiger partial charge in [0.1, 0.15) is 5.60 Å². The van der Waals surface area contributed by atoms with Crippen LogP contribution in [0, 0.1) is 0 Å². The van der Waals surface area contributed by atoms with Crippen LogP contribution in [0.3, 0.4) is 0 Å². The molecule has 0 aliphatic carbocycles. The first-order valence-corrected chi connectivity index (χ1v) is 10.1. The molecule has 0 aliphatic heterocycles. The molecule has 7 nitrogen and oxygen atoms in total. The van der Waals surface area contributed by atoms with E-state index < -0.39 is 11.7 Å². The van der Waals surface area contributed by atoms with Crippen LogP contribution in [-0.4, -0.2) is 30.1 Å². The monoisotopic (exact) mass is 443 g/mol. The van der Waals surface area contributed by atoms with Gasteiger partial charge in [-0.05, 0) is 56.7 Å². The summed E-state index contributed by atoms with van der Waals surface area (Å²) >= 11 is 5.85. The van der Waals surface area contributed by atoms with Gasteiger partial charge in [-0.1, -0.05) is 35.9 Å². The zero-order valence-corrected chi connectivity index (χ0v) is 18.5.